The number of rotatable bonds is 5. The summed E-state index contributed by atoms with van der Waals surface area (Å²) in [7, 11) is -3.44. The van der Waals surface area contributed by atoms with Crippen LogP contribution < -0.4 is 15.8 Å². The second kappa shape index (κ2) is 6.77. The molecule has 1 aromatic carbocycles. The van der Waals surface area contributed by atoms with E-state index in [4.69, 9.17) is 10.5 Å². The van der Waals surface area contributed by atoms with Gasteiger partial charge in [-0.3, -0.25) is 4.79 Å². The second-order valence-corrected chi connectivity index (χ2v) is 6.79. The number of nitrogen functional groups attached to an aromatic ring is 1. The Hall–Kier alpha value is -1.80. The summed E-state index contributed by atoms with van der Waals surface area (Å²) in [6.45, 7) is 0.863. The minimum absolute atomic E-state index is 0.0222. The predicted molar refractivity (Wildman–Crippen MR) is 79.3 cm³/mol. The van der Waals surface area contributed by atoms with Gasteiger partial charge in [0.25, 0.3) is 0 Å². The third kappa shape index (κ3) is 4.33. The molecule has 0 aromatic heterocycles. The van der Waals surface area contributed by atoms with E-state index in [0.717, 1.165) is 0 Å². The Kier molecular flexibility index (Phi) is 5.03. The van der Waals surface area contributed by atoms with Crippen molar-refractivity contribution in [3.05, 3.63) is 24.3 Å². The lowest BCUT2D eigenvalue weighted by Gasteiger charge is -2.19. The SMILES string of the molecule is Nc1ccccc1OCCS(=O)(=O)N1CCNC(=O)CC1. The topological polar surface area (TPSA) is 102 Å². The second-order valence-electron chi connectivity index (χ2n) is 4.70. The minimum Gasteiger partial charge on any atom is -0.490 e. The van der Waals surface area contributed by atoms with Crippen LogP contribution >= 0.6 is 0 Å². The molecule has 3 N–H and O–H groups in total. The maximum atomic E-state index is 12.2. The molecule has 1 saturated heterocycles. The molecule has 1 aliphatic heterocycles. The summed E-state index contributed by atoms with van der Waals surface area (Å²) >= 11 is 0. The molecule has 0 atom stereocenters. The van der Waals surface area contributed by atoms with E-state index in [-0.39, 0.29) is 31.2 Å². The van der Waals surface area contributed by atoms with Crippen molar-refractivity contribution < 1.29 is 17.9 Å². The lowest BCUT2D eigenvalue weighted by Crippen LogP contribution is -2.37. The van der Waals surface area contributed by atoms with Crippen molar-refractivity contribution in [2.24, 2.45) is 0 Å². The molecule has 1 fully saturated rings. The normalized spacial score (nSPS) is 17.0. The van der Waals surface area contributed by atoms with Crippen LogP contribution in [0.1, 0.15) is 6.42 Å². The van der Waals surface area contributed by atoms with Crippen molar-refractivity contribution in [2.45, 2.75) is 6.42 Å². The van der Waals surface area contributed by atoms with Gasteiger partial charge in [-0.1, -0.05) is 12.1 Å². The van der Waals surface area contributed by atoms with Gasteiger partial charge >= 0.3 is 0 Å². The van der Waals surface area contributed by atoms with Gasteiger partial charge in [-0.15, -0.1) is 0 Å². The number of sulfonamides is 1. The lowest BCUT2D eigenvalue weighted by atomic mass is 10.3. The highest BCUT2D eigenvalue weighted by atomic mass is 32.2. The monoisotopic (exact) mass is 313 g/mol. The summed E-state index contributed by atoms with van der Waals surface area (Å²) in [6.07, 6.45) is 0.186. The minimum atomic E-state index is -3.44. The van der Waals surface area contributed by atoms with Gasteiger partial charge < -0.3 is 15.8 Å². The standard InChI is InChI=1S/C13H19N3O4S/c14-11-3-1-2-4-12(11)20-9-10-21(18,19)16-7-5-13(17)15-6-8-16/h1-4H,5-10,14H2,(H,15,17). The Balaban J connectivity index is 1.89. The fourth-order valence-corrected chi connectivity index (χ4v) is 3.31. The zero-order valence-corrected chi connectivity index (χ0v) is 12.4. The van der Waals surface area contributed by atoms with Gasteiger partial charge in [-0.2, -0.15) is 4.31 Å². The van der Waals surface area contributed by atoms with Crippen LogP contribution in [0.4, 0.5) is 5.69 Å². The van der Waals surface area contributed by atoms with Crippen LogP contribution in [-0.2, 0) is 14.8 Å². The zero-order chi connectivity index (χ0) is 15.3. The third-order valence-electron chi connectivity index (χ3n) is 3.18. The average Bonchev–Trinajstić information content (AvgIpc) is 2.66. The molecular formula is C13H19N3O4S. The molecule has 7 nitrogen and oxygen atoms in total. The summed E-state index contributed by atoms with van der Waals surface area (Å²) in [5.74, 6) is 0.205. The molecule has 0 spiro atoms. The summed E-state index contributed by atoms with van der Waals surface area (Å²) in [5.41, 5.74) is 6.19. The molecule has 0 radical (unpaired) electrons. The highest BCUT2D eigenvalue weighted by Crippen LogP contribution is 2.19. The Bertz CT molecular complexity index is 603. The number of anilines is 1. The Morgan fingerprint density at radius 3 is 2.81 bits per heavy atom. The van der Waals surface area contributed by atoms with Crippen LogP contribution in [-0.4, -0.2) is 50.6 Å². The molecule has 1 aliphatic rings. The van der Waals surface area contributed by atoms with Crippen molar-refractivity contribution >= 4 is 21.6 Å². The number of amides is 1. The fraction of sp³-hybridized carbons (Fsp3) is 0.462. The molecular weight excluding hydrogens is 294 g/mol. The van der Waals surface area contributed by atoms with E-state index in [1.165, 1.54) is 4.31 Å². The number of nitrogens with zero attached hydrogens (tertiary/aromatic N) is 1. The number of carbonyl (C=O) groups is 1. The number of carbonyl (C=O) groups excluding carboxylic acids is 1. The molecule has 1 heterocycles. The Labute approximate surface area is 124 Å². The number of hydrogen-bond acceptors (Lipinski definition) is 5. The summed E-state index contributed by atoms with van der Waals surface area (Å²) in [6, 6.07) is 6.93. The number of ether oxygens (including phenoxy) is 1. The molecule has 1 aromatic rings. The van der Waals surface area contributed by atoms with Crippen molar-refractivity contribution in [2.75, 3.05) is 37.7 Å². The van der Waals surface area contributed by atoms with E-state index < -0.39 is 10.0 Å². The van der Waals surface area contributed by atoms with Gasteiger partial charge in [0, 0.05) is 26.1 Å². The average molecular weight is 313 g/mol. The van der Waals surface area contributed by atoms with Crippen LogP contribution in [0.25, 0.3) is 0 Å². The maximum Gasteiger partial charge on any atom is 0.221 e. The third-order valence-corrected chi connectivity index (χ3v) is 5.02. The van der Waals surface area contributed by atoms with Crippen LogP contribution in [0, 0.1) is 0 Å². The van der Waals surface area contributed by atoms with Crippen LogP contribution in [0.15, 0.2) is 24.3 Å². The van der Waals surface area contributed by atoms with E-state index in [2.05, 4.69) is 5.32 Å². The predicted octanol–water partition coefficient (Wildman–Crippen LogP) is -0.201. The van der Waals surface area contributed by atoms with Crippen molar-refractivity contribution in [3.8, 4) is 5.75 Å². The number of para-hydroxylation sites is 2. The number of nitrogens with one attached hydrogen (secondary N) is 1. The molecule has 21 heavy (non-hydrogen) atoms. The van der Waals surface area contributed by atoms with E-state index in [9.17, 15) is 13.2 Å². The van der Waals surface area contributed by atoms with E-state index in [0.29, 0.717) is 24.5 Å². The van der Waals surface area contributed by atoms with Crippen LogP contribution in [0.2, 0.25) is 0 Å². The summed E-state index contributed by atoms with van der Waals surface area (Å²) in [5, 5.41) is 2.64. The van der Waals surface area contributed by atoms with Crippen molar-refractivity contribution in [3.63, 3.8) is 0 Å². The first-order chi connectivity index (χ1) is 9.99. The molecule has 1 amide bonds. The molecule has 0 aliphatic carbocycles. The molecule has 0 saturated carbocycles. The Morgan fingerprint density at radius 2 is 2.05 bits per heavy atom. The highest BCUT2D eigenvalue weighted by molar-refractivity contribution is 7.89. The largest absolute Gasteiger partial charge is 0.490 e. The quantitative estimate of drug-likeness (QED) is 0.733. The maximum absolute atomic E-state index is 12.2. The zero-order valence-electron chi connectivity index (χ0n) is 11.6. The van der Waals surface area contributed by atoms with E-state index in [1.807, 2.05) is 0 Å². The van der Waals surface area contributed by atoms with Gasteiger partial charge in [0.15, 0.2) is 0 Å². The summed E-state index contributed by atoms with van der Waals surface area (Å²) in [4.78, 5) is 11.2. The number of nitrogens with two attached hydrogens (primary N) is 1. The molecule has 116 valence electrons. The lowest BCUT2D eigenvalue weighted by molar-refractivity contribution is -0.120. The summed E-state index contributed by atoms with van der Waals surface area (Å²) < 4.78 is 31.1. The van der Waals surface area contributed by atoms with Gasteiger partial charge in [0.1, 0.15) is 12.4 Å². The highest BCUT2D eigenvalue weighted by Gasteiger charge is 2.24. The van der Waals surface area contributed by atoms with Crippen LogP contribution in [0.3, 0.4) is 0 Å². The first-order valence-electron chi connectivity index (χ1n) is 6.71. The smallest absolute Gasteiger partial charge is 0.221 e. The van der Waals surface area contributed by atoms with Crippen molar-refractivity contribution in [1.29, 1.82) is 0 Å². The van der Waals surface area contributed by atoms with Gasteiger partial charge in [0.2, 0.25) is 15.9 Å². The molecule has 0 unspecified atom stereocenters. The first kappa shape index (κ1) is 15.6. The van der Waals surface area contributed by atoms with E-state index >= 15 is 0 Å². The van der Waals surface area contributed by atoms with Gasteiger partial charge in [-0.25, -0.2) is 8.42 Å². The van der Waals surface area contributed by atoms with Crippen LogP contribution in [0.5, 0.6) is 5.75 Å². The van der Waals surface area contributed by atoms with Gasteiger partial charge in [-0.05, 0) is 12.1 Å². The fourth-order valence-electron chi connectivity index (χ4n) is 2.02. The number of hydrogen-bond donors (Lipinski definition) is 2. The Morgan fingerprint density at radius 1 is 1.29 bits per heavy atom. The molecule has 8 heteroatoms. The molecule has 0 bridgehead atoms. The van der Waals surface area contributed by atoms with Crippen molar-refractivity contribution in [1.82, 2.24) is 9.62 Å². The van der Waals surface area contributed by atoms with E-state index in [1.54, 1.807) is 24.3 Å². The van der Waals surface area contributed by atoms with Gasteiger partial charge in [0.05, 0.1) is 11.4 Å². The molecule has 2 rings (SSSR count). The first-order valence-corrected chi connectivity index (χ1v) is 8.32. The number of benzene rings is 1.